The molecule has 1 aromatic heterocycles. The largest absolute Gasteiger partial charge is 0.463 e. The summed E-state index contributed by atoms with van der Waals surface area (Å²) in [5, 5.41) is 23.4. The van der Waals surface area contributed by atoms with Gasteiger partial charge in [-0.3, -0.25) is 29.5 Å². The molecule has 1 fully saturated rings. The van der Waals surface area contributed by atoms with Crippen molar-refractivity contribution in [2.45, 2.75) is 24.7 Å². The Bertz CT molecular complexity index is 1000. The maximum Gasteiger partial charge on any atom is 0.463 e. The molecule has 5 atom stereocenters. The Kier molecular flexibility index (Phi) is 8.03. The summed E-state index contributed by atoms with van der Waals surface area (Å²) in [5.74, 6) is -5.25. The van der Waals surface area contributed by atoms with E-state index in [0.717, 1.165) is 18.2 Å². The second-order valence-electron chi connectivity index (χ2n) is 7.15. The van der Waals surface area contributed by atoms with Crippen LogP contribution in [0.5, 0.6) is 5.95 Å². The highest BCUT2D eigenvalue weighted by Gasteiger charge is 2.44. The molecule has 2 aliphatic heterocycles. The minimum absolute atomic E-state index is 0.0726. The van der Waals surface area contributed by atoms with E-state index in [-0.39, 0.29) is 13.0 Å². The first kappa shape index (κ1) is 25.5. The molecule has 3 rings (SSSR count). The Hall–Kier alpha value is -2.16. The highest BCUT2D eigenvalue weighted by atomic mass is 79.9. The molecule has 0 spiro atoms. The second kappa shape index (κ2) is 10.4. The fraction of sp³-hybridized carbons (Fsp3) is 0.529. The second-order valence-corrected chi connectivity index (χ2v) is 10.0. The number of ether oxygens (including phenoxy) is 1. The molecule has 0 saturated carbocycles. The van der Waals surface area contributed by atoms with E-state index >= 15 is 0 Å². The lowest BCUT2D eigenvalue weighted by Gasteiger charge is -2.27. The lowest BCUT2D eigenvalue weighted by molar-refractivity contribution is -0.402. The molecule has 0 radical (unpaired) electrons. The highest BCUT2D eigenvalue weighted by molar-refractivity contribution is 9.09. The molecule has 2 amide bonds. The Labute approximate surface area is 194 Å². The number of aliphatic hydroxyl groups is 1. The number of furan rings is 1. The number of hydrogen-bond acceptors (Lipinski definition) is 10. The third-order valence-electron chi connectivity index (χ3n) is 4.92. The molecule has 13 nitrogen and oxygen atoms in total. The van der Waals surface area contributed by atoms with E-state index in [1.807, 2.05) is 5.32 Å². The van der Waals surface area contributed by atoms with Crippen molar-refractivity contribution in [3.63, 3.8) is 0 Å². The Morgan fingerprint density at radius 2 is 2.18 bits per heavy atom. The number of hydrogen-bond donors (Lipinski definition) is 2. The van der Waals surface area contributed by atoms with Crippen molar-refractivity contribution in [2.75, 3.05) is 25.5 Å². The van der Waals surface area contributed by atoms with E-state index in [1.165, 1.54) is 11.7 Å². The average molecular weight is 556 g/mol. The van der Waals surface area contributed by atoms with Gasteiger partial charge in [-0.1, -0.05) is 15.9 Å². The van der Waals surface area contributed by atoms with Crippen molar-refractivity contribution in [3.8, 4) is 5.95 Å². The van der Waals surface area contributed by atoms with Gasteiger partial charge >= 0.3 is 13.6 Å². The summed E-state index contributed by atoms with van der Waals surface area (Å²) in [6, 6.07) is 2.13. The van der Waals surface area contributed by atoms with Gasteiger partial charge in [0.2, 0.25) is 5.91 Å². The summed E-state index contributed by atoms with van der Waals surface area (Å²) >= 11 is 3.20. The minimum atomic E-state index is -4.13. The van der Waals surface area contributed by atoms with Crippen LogP contribution in [0.1, 0.15) is 6.42 Å². The number of carbonyl (C=O) groups is 2. The van der Waals surface area contributed by atoms with Crippen LogP contribution < -0.4 is 9.84 Å². The van der Waals surface area contributed by atoms with E-state index in [0.29, 0.717) is 5.33 Å². The van der Waals surface area contributed by atoms with Crippen LogP contribution in [0.4, 0.5) is 10.3 Å². The maximum atomic E-state index is 13.6. The number of carbonyl (C=O) groups excluding carboxylic acids is 2. The quantitative estimate of drug-likeness (QED) is 0.141. The molecular weight excluding hydrogens is 536 g/mol. The number of halogens is 2. The van der Waals surface area contributed by atoms with E-state index < -0.39 is 73.0 Å². The molecule has 2 N–H and O–H groups in total. The first-order valence-corrected chi connectivity index (χ1v) is 12.2. The van der Waals surface area contributed by atoms with Gasteiger partial charge in [-0.15, -0.1) is 0 Å². The van der Waals surface area contributed by atoms with Crippen molar-refractivity contribution < 1.29 is 46.8 Å². The highest BCUT2D eigenvalue weighted by Crippen LogP contribution is 2.52. The number of amides is 2. The molecule has 16 heteroatoms. The van der Waals surface area contributed by atoms with Crippen LogP contribution in [-0.2, 0) is 23.4 Å². The number of aliphatic hydroxyl groups excluding tert-OH is 1. The number of rotatable bonds is 10. The predicted octanol–water partition coefficient (Wildman–Crippen LogP) is 1.66. The summed E-state index contributed by atoms with van der Waals surface area (Å²) in [6.07, 6.45) is -2.42. The number of nitro groups is 1. The summed E-state index contributed by atoms with van der Waals surface area (Å²) in [5.41, 5.74) is 0. The van der Waals surface area contributed by atoms with Crippen LogP contribution in [0.2, 0.25) is 0 Å². The predicted molar refractivity (Wildman–Crippen MR) is 111 cm³/mol. The van der Waals surface area contributed by atoms with Crippen molar-refractivity contribution in [2.24, 2.45) is 5.92 Å². The third-order valence-corrected chi connectivity index (χ3v) is 7.19. The summed E-state index contributed by atoms with van der Waals surface area (Å²) in [4.78, 5) is 33.2. The Morgan fingerprint density at radius 1 is 1.45 bits per heavy atom. The fourth-order valence-corrected chi connectivity index (χ4v) is 5.36. The molecule has 0 bridgehead atoms. The minimum Gasteiger partial charge on any atom is -0.390 e. The molecule has 3 heterocycles. The third kappa shape index (κ3) is 5.86. The van der Waals surface area contributed by atoms with Gasteiger partial charge < -0.3 is 18.8 Å². The normalized spacial score (nSPS) is 27.2. The van der Waals surface area contributed by atoms with Gasteiger partial charge in [0.25, 0.3) is 11.9 Å². The van der Waals surface area contributed by atoms with Gasteiger partial charge in [-0.2, -0.15) is 0 Å². The van der Waals surface area contributed by atoms with Crippen LogP contribution >= 0.6 is 23.7 Å². The molecule has 0 aliphatic carbocycles. The first-order valence-electron chi connectivity index (χ1n) is 9.56. The van der Waals surface area contributed by atoms with Gasteiger partial charge in [-0.05, 0) is 13.1 Å². The topological polar surface area (TPSA) is 171 Å². The zero-order valence-corrected chi connectivity index (χ0v) is 19.6. The number of alkyl halides is 1. The van der Waals surface area contributed by atoms with Crippen LogP contribution in [0.3, 0.4) is 0 Å². The van der Waals surface area contributed by atoms with Gasteiger partial charge in [0.05, 0.1) is 30.8 Å². The van der Waals surface area contributed by atoms with E-state index in [1.54, 1.807) is 0 Å². The average Bonchev–Trinajstić information content (AvgIpc) is 3.36. The maximum absolute atomic E-state index is 13.6. The Morgan fingerprint density at radius 3 is 2.82 bits per heavy atom. The van der Waals surface area contributed by atoms with Crippen LogP contribution in [0, 0.1) is 16.0 Å². The van der Waals surface area contributed by atoms with Crippen molar-refractivity contribution in [1.29, 1.82) is 0 Å². The summed E-state index contributed by atoms with van der Waals surface area (Å²) in [7, 11) is -2.71. The Balaban J connectivity index is 1.69. The molecule has 182 valence electrons. The zero-order valence-electron chi connectivity index (χ0n) is 17.1. The van der Waals surface area contributed by atoms with Gasteiger partial charge in [0.1, 0.15) is 11.0 Å². The fourth-order valence-electron chi connectivity index (χ4n) is 3.16. The van der Waals surface area contributed by atoms with E-state index in [2.05, 4.69) is 15.9 Å². The monoisotopic (exact) mass is 555 g/mol. The lowest BCUT2D eigenvalue weighted by atomic mass is 9.95. The van der Waals surface area contributed by atoms with Crippen molar-refractivity contribution in [3.05, 3.63) is 34.1 Å². The van der Waals surface area contributed by atoms with Gasteiger partial charge in [0, 0.05) is 24.4 Å². The summed E-state index contributed by atoms with van der Waals surface area (Å²) < 4.78 is 49.4. The molecule has 33 heavy (non-hydrogen) atoms. The summed E-state index contributed by atoms with van der Waals surface area (Å²) in [6.45, 7) is -0.263. The van der Waals surface area contributed by atoms with Crippen LogP contribution in [0.15, 0.2) is 28.5 Å². The van der Waals surface area contributed by atoms with Crippen LogP contribution in [0.25, 0.3) is 0 Å². The molecule has 1 saturated heterocycles. The molecule has 1 aromatic rings. The molecular formula is C17H20BrFN3O10P. The molecule has 2 aliphatic rings. The SMILES string of the molecule is CN(CCBr)P(=O)(OC[C@H]1O[C@@H](C2C=C(F)C(=O)NC2=O)C[C@@H]1O)Oc1ccc([N+](=O)[O-])o1. The number of imide groups is 1. The number of nitrogens with one attached hydrogen (secondary N) is 1. The first-order chi connectivity index (χ1) is 15.5. The van der Waals surface area contributed by atoms with E-state index in [4.69, 9.17) is 18.2 Å². The zero-order chi connectivity index (χ0) is 24.3. The standard InChI is InChI=1S/C17H20BrFN3O10P/c1-21(5-4-18)33(28,32-15-3-2-14(31-15)22(26)27)29-8-13-11(23)7-12(30-13)9-6-10(19)17(25)20-16(9)24/h2-3,6,9,11-13,23H,4-5,7-8H2,1H3,(H,20,24,25)/t9?,11-,12+,13+,33?/m0/s1. The van der Waals surface area contributed by atoms with E-state index in [9.17, 15) is 33.8 Å². The number of nitrogens with zero attached hydrogens (tertiary/aromatic N) is 2. The van der Waals surface area contributed by atoms with Gasteiger partial charge in [0.15, 0.2) is 5.83 Å². The molecule has 2 unspecified atom stereocenters. The van der Waals surface area contributed by atoms with Crippen molar-refractivity contribution >= 4 is 41.4 Å². The molecule has 0 aromatic carbocycles. The smallest absolute Gasteiger partial charge is 0.390 e. The van der Waals surface area contributed by atoms with Crippen LogP contribution in [-0.4, -0.2) is 70.4 Å². The van der Waals surface area contributed by atoms with Crippen molar-refractivity contribution in [1.82, 2.24) is 9.99 Å². The van der Waals surface area contributed by atoms with Gasteiger partial charge in [-0.25, -0.2) is 13.6 Å². The lowest BCUT2D eigenvalue weighted by Crippen LogP contribution is -2.44.